The quantitative estimate of drug-likeness (QED) is 0.346. The molecule has 2 N–H and O–H groups in total. The maximum atomic E-state index is 14.1. The van der Waals surface area contributed by atoms with Crippen LogP contribution in [0.1, 0.15) is 22.8 Å². The summed E-state index contributed by atoms with van der Waals surface area (Å²) in [7, 11) is 1.60. The number of aliphatic imine (C=N–C) groups is 1. The second-order valence-electron chi connectivity index (χ2n) is 7.02. The molecule has 0 atom stereocenters. The van der Waals surface area contributed by atoms with Crippen LogP contribution in [0.15, 0.2) is 47.5 Å². The highest BCUT2D eigenvalue weighted by Gasteiger charge is 2.22. The van der Waals surface area contributed by atoms with E-state index in [2.05, 4.69) is 15.5 Å². The first-order valence-electron chi connectivity index (χ1n) is 10.1. The van der Waals surface area contributed by atoms with Gasteiger partial charge in [-0.05, 0) is 36.8 Å². The molecule has 6 nitrogen and oxygen atoms in total. The number of hydrogen-bond donors (Lipinski definition) is 2. The van der Waals surface area contributed by atoms with E-state index in [0.29, 0.717) is 44.0 Å². The Morgan fingerprint density at radius 2 is 1.84 bits per heavy atom. The minimum absolute atomic E-state index is 0. The van der Waals surface area contributed by atoms with E-state index in [1.807, 2.05) is 30.0 Å². The minimum Gasteiger partial charge on any atom is -0.366 e. The number of carbonyl (C=O) groups excluding carboxylic acids is 1. The van der Waals surface area contributed by atoms with Crippen molar-refractivity contribution in [2.45, 2.75) is 13.5 Å². The number of benzene rings is 2. The number of piperazine rings is 1. The Labute approximate surface area is 198 Å². The fourth-order valence-electron chi connectivity index (χ4n) is 3.43. The van der Waals surface area contributed by atoms with Crippen LogP contribution < -0.4 is 15.5 Å². The Balaban J connectivity index is 0.00000341. The largest absolute Gasteiger partial charge is 0.366 e. The van der Waals surface area contributed by atoms with Gasteiger partial charge in [0.15, 0.2) is 5.96 Å². The standard InChI is InChI=1S/C22H27F2N5O.HI/c1-3-26-22(27-15-16-5-4-6-17(13-16)21(30)25-2)29-11-9-28(10-12-29)20-14-18(23)7-8-19(20)24;/h4-8,13-14H,3,9-12,15H2,1-2H3,(H,25,30)(H,26,27);1H. The molecule has 0 bridgehead atoms. The van der Waals surface area contributed by atoms with Crippen LogP contribution in [0.25, 0.3) is 0 Å². The van der Waals surface area contributed by atoms with E-state index in [1.54, 1.807) is 13.1 Å². The van der Waals surface area contributed by atoms with Gasteiger partial charge in [-0.2, -0.15) is 0 Å². The third kappa shape index (κ3) is 6.52. The lowest BCUT2D eigenvalue weighted by molar-refractivity contribution is 0.0963. The highest BCUT2D eigenvalue weighted by Crippen LogP contribution is 2.22. The van der Waals surface area contributed by atoms with Gasteiger partial charge in [-0.1, -0.05) is 12.1 Å². The van der Waals surface area contributed by atoms with Gasteiger partial charge in [-0.25, -0.2) is 13.8 Å². The second-order valence-corrected chi connectivity index (χ2v) is 7.02. The third-order valence-corrected chi connectivity index (χ3v) is 4.99. The van der Waals surface area contributed by atoms with E-state index in [9.17, 15) is 13.6 Å². The minimum atomic E-state index is -0.442. The molecule has 3 rings (SSSR count). The molecule has 1 saturated heterocycles. The van der Waals surface area contributed by atoms with E-state index < -0.39 is 11.6 Å². The zero-order valence-corrected chi connectivity index (χ0v) is 20.0. The first-order chi connectivity index (χ1) is 14.5. The highest BCUT2D eigenvalue weighted by molar-refractivity contribution is 14.0. The molecule has 0 spiro atoms. The number of nitrogens with zero attached hydrogens (tertiary/aromatic N) is 3. The van der Waals surface area contributed by atoms with Gasteiger partial charge >= 0.3 is 0 Å². The van der Waals surface area contributed by atoms with Gasteiger partial charge in [0.05, 0.1) is 12.2 Å². The fraction of sp³-hybridized carbons (Fsp3) is 0.364. The van der Waals surface area contributed by atoms with Crippen molar-refractivity contribution in [3.05, 3.63) is 65.2 Å². The zero-order chi connectivity index (χ0) is 21.5. The molecule has 9 heteroatoms. The molecule has 1 heterocycles. The van der Waals surface area contributed by atoms with Gasteiger partial charge < -0.3 is 20.4 Å². The van der Waals surface area contributed by atoms with Crippen LogP contribution in [0, 0.1) is 11.6 Å². The van der Waals surface area contributed by atoms with E-state index in [1.165, 1.54) is 6.07 Å². The molecule has 168 valence electrons. The van der Waals surface area contributed by atoms with Crippen LogP contribution in [-0.4, -0.2) is 56.5 Å². The molecule has 0 saturated carbocycles. The first kappa shape index (κ1) is 24.8. The van der Waals surface area contributed by atoms with E-state index in [0.717, 1.165) is 30.2 Å². The number of halogens is 3. The highest BCUT2D eigenvalue weighted by atomic mass is 127. The Hall–Kier alpha value is -2.43. The molecule has 0 aliphatic carbocycles. The second kappa shape index (κ2) is 11.8. The van der Waals surface area contributed by atoms with Crippen molar-refractivity contribution >= 4 is 41.5 Å². The molecule has 1 aliphatic heterocycles. The normalized spacial score (nSPS) is 14.1. The van der Waals surface area contributed by atoms with Crippen LogP contribution in [0.5, 0.6) is 0 Å². The monoisotopic (exact) mass is 543 g/mol. The Bertz CT molecular complexity index is 917. The van der Waals surface area contributed by atoms with Crippen molar-refractivity contribution in [1.82, 2.24) is 15.5 Å². The molecular formula is C22H28F2IN5O. The Morgan fingerprint density at radius 1 is 1.10 bits per heavy atom. The van der Waals surface area contributed by atoms with Gasteiger partial charge in [0, 0.05) is 51.4 Å². The predicted molar refractivity (Wildman–Crippen MR) is 130 cm³/mol. The lowest BCUT2D eigenvalue weighted by Gasteiger charge is -2.37. The van der Waals surface area contributed by atoms with Crippen LogP contribution in [0.2, 0.25) is 0 Å². The molecule has 0 unspecified atom stereocenters. The molecule has 31 heavy (non-hydrogen) atoms. The van der Waals surface area contributed by atoms with E-state index in [4.69, 9.17) is 4.99 Å². The summed E-state index contributed by atoms with van der Waals surface area (Å²) in [5.41, 5.74) is 1.83. The average Bonchev–Trinajstić information content (AvgIpc) is 2.78. The molecule has 1 amide bonds. The summed E-state index contributed by atoms with van der Waals surface area (Å²) in [6.45, 7) is 5.57. The smallest absolute Gasteiger partial charge is 0.251 e. The zero-order valence-electron chi connectivity index (χ0n) is 17.7. The molecule has 2 aromatic rings. The van der Waals surface area contributed by atoms with Crippen LogP contribution in [0.3, 0.4) is 0 Å². The van der Waals surface area contributed by atoms with Gasteiger partial charge in [0.1, 0.15) is 11.6 Å². The average molecular weight is 543 g/mol. The summed E-state index contributed by atoms with van der Waals surface area (Å²) in [4.78, 5) is 20.5. The van der Waals surface area contributed by atoms with Crippen LogP contribution in [0.4, 0.5) is 14.5 Å². The van der Waals surface area contributed by atoms with E-state index >= 15 is 0 Å². The summed E-state index contributed by atoms with van der Waals surface area (Å²) in [5.74, 6) is -0.222. The topological polar surface area (TPSA) is 60.0 Å². The van der Waals surface area contributed by atoms with Crippen molar-refractivity contribution < 1.29 is 13.6 Å². The van der Waals surface area contributed by atoms with Crippen molar-refractivity contribution in [2.75, 3.05) is 44.7 Å². The fourth-order valence-corrected chi connectivity index (χ4v) is 3.43. The molecule has 1 aliphatic rings. The molecule has 2 aromatic carbocycles. The van der Waals surface area contributed by atoms with Gasteiger partial charge in [-0.15, -0.1) is 24.0 Å². The maximum Gasteiger partial charge on any atom is 0.251 e. The predicted octanol–water partition coefficient (Wildman–Crippen LogP) is 3.23. The molecule has 0 aromatic heterocycles. The summed E-state index contributed by atoms with van der Waals surface area (Å²) in [6.07, 6.45) is 0. The summed E-state index contributed by atoms with van der Waals surface area (Å²) >= 11 is 0. The van der Waals surface area contributed by atoms with Crippen molar-refractivity contribution in [3.63, 3.8) is 0 Å². The number of nitrogens with one attached hydrogen (secondary N) is 2. The van der Waals surface area contributed by atoms with Crippen molar-refractivity contribution in [3.8, 4) is 0 Å². The van der Waals surface area contributed by atoms with Gasteiger partial charge in [-0.3, -0.25) is 4.79 Å². The summed E-state index contributed by atoms with van der Waals surface area (Å²) in [5, 5.41) is 5.91. The molecular weight excluding hydrogens is 515 g/mol. The van der Waals surface area contributed by atoms with Gasteiger partial charge in [0.2, 0.25) is 0 Å². The Kier molecular flexibility index (Phi) is 9.47. The lowest BCUT2D eigenvalue weighted by atomic mass is 10.1. The van der Waals surface area contributed by atoms with E-state index in [-0.39, 0.29) is 29.9 Å². The Morgan fingerprint density at radius 3 is 2.52 bits per heavy atom. The number of anilines is 1. The number of amides is 1. The van der Waals surface area contributed by atoms with Crippen molar-refractivity contribution in [2.24, 2.45) is 4.99 Å². The maximum absolute atomic E-state index is 14.1. The molecule has 0 radical (unpaired) electrons. The SMILES string of the molecule is CCNC(=NCc1cccc(C(=O)NC)c1)N1CCN(c2cc(F)ccc2F)CC1.I. The van der Waals surface area contributed by atoms with Crippen LogP contribution >= 0.6 is 24.0 Å². The number of carbonyl (C=O) groups is 1. The third-order valence-electron chi connectivity index (χ3n) is 4.99. The number of guanidine groups is 1. The van der Waals surface area contributed by atoms with Crippen LogP contribution in [-0.2, 0) is 6.54 Å². The lowest BCUT2D eigenvalue weighted by Crippen LogP contribution is -2.52. The van der Waals surface area contributed by atoms with Gasteiger partial charge in [0.25, 0.3) is 5.91 Å². The van der Waals surface area contributed by atoms with Crippen molar-refractivity contribution in [1.29, 1.82) is 0 Å². The molecule has 1 fully saturated rings. The summed E-state index contributed by atoms with van der Waals surface area (Å²) < 4.78 is 27.6. The first-order valence-corrected chi connectivity index (χ1v) is 10.1. The number of hydrogen-bond acceptors (Lipinski definition) is 3. The summed E-state index contributed by atoms with van der Waals surface area (Å²) in [6, 6.07) is 10.9. The number of rotatable bonds is 5.